The van der Waals surface area contributed by atoms with Crippen molar-refractivity contribution in [1.29, 1.82) is 0 Å². The first-order valence-electron chi connectivity index (χ1n) is 6.83. The van der Waals surface area contributed by atoms with E-state index in [4.69, 9.17) is 16.7 Å². The van der Waals surface area contributed by atoms with E-state index in [0.717, 1.165) is 4.88 Å². The molecule has 0 aromatic carbocycles. The number of nitrogens with zero attached hydrogens (tertiary/aromatic N) is 2. The maximum atomic E-state index is 12.2. The molecule has 1 aliphatic rings. The molecule has 2 rings (SSSR count). The minimum Gasteiger partial charge on any atom is -0.481 e. The number of carbonyl (C=O) groups excluding carboxylic acids is 1. The first-order valence-corrected chi connectivity index (χ1v) is 8.03. The fraction of sp³-hybridized carbons (Fsp3) is 0.571. The summed E-state index contributed by atoms with van der Waals surface area (Å²) in [6.45, 7) is 3.32. The Labute approximate surface area is 133 Å². The highest BCUT2D eigenvalue weighted by molar-refractivity contribution is 7.16. The van der Waals surface area contributed by atoms with Crippen LogP contribution >= 0.6 is 22.9 Å². The highest BCUT2D eigenvalue weighted by atomic mass is 35.5. The molecule has 1 aromatic heterocycles. The van der Waals surface area contributed by atoms with E-state index in [2.05, 4.69) is 0 Å². The zero-order valence-corrected chi connectivity index (χ0v) is 13.7. The third-order valence-corrected chi connectivity index (χ3v) is 5.20. The van der Waals surface area contributed by atoms with Crippen molar-refractivity contribution in [3.05, 3.63) is 21.3 Å². The van der Waals surface area contributed by atoms with Crippen molar-refractivity contribution < 1.29 is 14.7 Å². The Bertz CT molecular complexity index is 534. The molecule has 1 aromatic rings. The summed E-state index contributed by atoms with van der Waals surface area (Å²) in [5, 5.41) is 9.11. The molecule has 2 atom stereocenters. The maximum Gasteiger partial charge on any atom is 0.308 e. The number of likely N-dealkylation sites (tertiary alicyclic amines) is 1. The number of aliphatic carboxylic acids is 1. The Morgan fingerprint density at radius 2 is 2.24 bits per heavy atom. The molecule has 21 heavy (non-hydrogen) atoms. The molecule has 1 fully saturated rings. The third kappa shape index (κ3) is 3.96. The van der Waals surface area contributed by atoms with Gasteiger partial charge in [0.05, 0.1) is 23.3 Å². The van der Waals surface area contributed by atoms with E-state index in [1.165, 1.54) is 11.3 Å². The summed E-state index contributed by atoms with van der Waals surface area (Å²) < 4.78 is 0.711. The second-order valence-corrected chi connectivity index (χ2v) is 7.20. The average Bonchev–Trinajstić information content (AvgIpc) is 2.97. The zero-order chi connectivity index (χ0) is 15.6. The summed E-state index contributed by atoms with van der Waals surface area (Å²) in [7, 11) is 1.76. The van der Waals surface area contributed by atoms with Gasteiger partial charge in [-0.3, -0.25) is 14.5 Å². The van der Waals surface area contributed by atoms with Gasteiger partial charge in [0.25, 0.3) is 0 Å². The fourth-order valence-electron chi connectivity index (χ4n) is 2.61. The van der Waals surface area contributed by atoms with Gasteiger partial charge in [0.2, 0.25) is 5.91 Å². The minimum atomic E-state index is -0.779. The van der Waals surface area contributed by atoms with E-state index >= 15 is 0 Å². The van der Waals surface area contributed by atoms with Gasteiger partial charge in [-0.15, -0.1) is 11.3 Å². The molecule has 7 heteroatoms. The van der Waals surface area contributed by atoms with Crippen LogP contribution in [0.1, 0.15) is 18.2 Å². The van der Waals surface area contributed by atoms with Crippen molar-refractivity contribution >= 4 is 34.8 Å². The van der Waals surface area contributed by atoms with Crippen LogP contribution in [0, 0.1) is 5.92 Å². The standard InChI is InChI=1S/C14H19ClN2O3S/c1-9-11(14(19)20)5-6-17(9)8-13(18)16(2)7-10-3-4-12(15)21-10/h3-4,9,11H,5-8H2,1-2H3,(H,19,20). The number of carbonyl (C=O) groups is 2. The third-order valence-electron chi connectivity index (χ3n) is 3.99. The van der Waals surface area contributed by atoms with Gasteiger partial charge in [-0.2, -0.15) is 0 Å². The number of thiophene rings is 1. The van der Waals surface area contributed by atoms with Crippen molar-refractivity contribution in [2.45, 2.75) is 25.9 Å². The first kappa shape index (κ1) is 16.3. The Morgan fingerprint density at radius 3 is 2.76 bits per heavy atom. The topological polar surface area (TPSA) is 60.9 Å². The summed E-state index contributed by atoms with van der Waals surface area (Å²) in [6.07, 6.45) is 0.605. The quantitative estimate of drug-likeness (QED) is 0.898. The Morgan fingerprint density at radius 1 is 1.52 bits per heavy atom. The summed E-state index contributed by atoms with van der Waals surface area (Å²) in [5.41, 5.74) is 0. The second-order valence-electron chi connectivity index (χ2n) is 5.40. The van der Waals surface area contributed by atoms with Crippen LogP contribution in [0.25, 0.3) is 0 Å². The lowest BCUT2D eigenvalue weighted by Crippen LogP contribution is -2.41. The number of carboxylic acids is 1. The Kier molecular flexibility index (Phi) is 5.24. The summed E-state index contributed by atoms with van der Waals surface area (Å²) >= 11 is 7.34. The molecule has 0 spiro atoms. The number of carboxylic acid groups (broad SMARTS) is 1. The van der Waals surface area contributed by atoms with Crippen molar-refractivity contribution in [3.63, 3.8) is 0 Å². The van der Waals surface area contributed by atoms with Gasteiger partial charge in [-0.25, -0.2) is 0 Å². The zero-order valence-electron chi connectivity index (χ0n) is 12.1. The molecule has 0 bridgehead atoms. The van der Waals surface area contributed by atoms with Crippen LogP contribution in [0.3, 0.4) is 0 Å². The molecule has 1 amide bonds. The maximum absolute atomic E-state index is 12.2. The van der Waals surface area contributed by atoms with Gasteiger partial charge < -0.3 is 10.0 Å². The molecule has 1 saturated heterocycles. The Hall–Kier alpha value is -1.11. The molecule has 116 valence electrons. The average molecular weight is 331 g/mol. The van der Waals surface area contributed by atoms with E-state index in [0.29, 0.717) is 23.8 Å². The number of rotatable bonds is 5. The predicted molar refractivity (Wildman–Crippen MR) is 82.6 cm³/mol. The van der Waals surface area contributed by atoms with Crippen molar-refractivity contribution in [2.24, 2.45) is 5.92 Å². The number of hydrogen-bond acceptors (Lipinski definition) is 4. The first-order chi connectivity index (χ1) is 9.88. The Balaban J connectivity index is 1.88. The lowest BCUT2D eigenvalue weighted by molar-refractivity contribution is -0.143. The molecule has 2 heterocycles. The van der Waals surface area contributed by atoms with Gasteiger partial charge in [-0.1, -0.05) is 11.6 Å². The highest BCUT2D eigenvalue weighted by Gasteiger charge is 2.36. The molecule has 0 saturated carbocycles. The van der Waals surface area contributed by atoms with Crippen molar-refractivity contribution in [2.75, 3.05) is 20.1 Å². The van der Waals surface area contributed by atoms with Crippen molar-refractivity contribution in [1.82, 2.24) is 9.80 Å². The monoisotopic (exact) mass is 330 g/mol. The lowest BCUT2D eigenvalue weighted by atomic mass is 10.0. The van der Waals surface area contributed by atoms with E-state index in [1.54, 1.807) is 11.9 Å². The number of amides is 1. The van der Waals surface area contributed by atoms with Gasteiger partial charge in [-0.05, 0) is 32.0 Å². The lowest BCUT2D eigenvalue weighted by Gasteiger charge is -2.25. The van der Waals surface area contributed by atoms with Gasteiger partial charge in [0.1, 0.15) is 0 Å². The summed E-state index contributed by atoms with van der Waals surface area (Å²) in [6, 6.07) is 3.63. The number of halogens is 1. The van der Waals surface area contributed by atoms with Gasteiger partial charge in [0.15, 0.2) is 0 Å². The highest BCUT2D eigenvalue weighted by Crippen LogP contribution is 2.25. The van der Waals surface area contributed by atoms with E-state index in [1.807, 2.05) is 24.0 Å². The number of hydrogen-bond donors (Lipinski definition) is 1. The summed E-state index contributed by atoms with van der Waals surface area (Å²) in [5.74, 6) is -1.16. The molecule has 0 aliphatic carbocycles. The predicted octanol–water partition coefficient (Wildman–Crippen LogP) is 2.15. The van der Waals surface area contributed by atoms with Crippen LogP contribution in [-0.4, -0.2) is 53.0 Å². The van der Waals surface area contributed by atoms with Crippen molar-refractivity contribution in [3.8, 4) is 0 Å². The van der Waals surface area contributed by atoms with Crippen LogP contribution in [0.5, 0.6) is 0 Å². The number of likely N-dealkylation sites (N-methyl/N-ethyl adjacent to an activating group) is 1. The van der Waals surface area contributed by atoms with E-state index in [9.17, 15) is 9.59 Å². The smallest absolute Gasteiger partial charge is 0.308 e. The van der Waals surface area contributed by atoms with E-state index < -0.39 is 5.97 Å². The SMILES string of the molecule is CC1C(C(=O)O)CCN1CC(=O)N(C)Cc1ccc(Cl)s1. The fourth-order valence-corrected chi connectivity index (χ4v) is 3.75. The molecular weight excluding hydrogens is 312 g/mol. The molecule has 2 unspecified atom stereocenters. The molecule has 0 radical (unpaired) electrons. The van der Waals surface area contributed by atoms with Crippen LogP contribution in [0.4, 0.5) is 0 Å². The largest absolute Gasteiger partial charge is 0.481 e. The molecule has 5 nitrogen and oxygen atoms in total. The van der Waals surface area contributed by atoms with Gasteiger partial charge in [0, 0.05) is 18.0 Å². The normalized spacial score (nSPS) is 22.4. The second kappa shape index (κ2) is 6.77. The summed E-state index contributed by atoms with van der Waals surface area (Å²) in [4.78, 5) is 28.0. The van der Waals surface area contributed by atoms with Crippen LogP contribution in [0.15, 0.2) is 12.1 Å². The van der Waals surface area contributed by atoms with Crippen LogP contribution in [0.2, 0.25) is 4.34 Å². The molecular formula is C14H19ClN2O3S. The molecule has 1 N–H and O–H groups in total. The van der Waals surface area contributed by atoms with Crippen LogP contribution in [-0.2, 0) is 16.1 Å². The van der Waals surface area contributed by atoms with E-state index in [-0.39, 0.29) is 24.4 Å². The van der Waals surface area contributed by atoms with Crippen LogP contribution < -0.4 is 0 Å². The molecule has 1 aliphatic heterocycles. The van der Waals surface area contributed by atoms with Gasteiger partial charge >= 0.3 is 5.97 Å². The minimum absolute atomic E-state index is 0.00240.